The van der Waals surface area contributed by atoms with Gasteiger partial charge in [0.05, 0.1) is 48.9 Å². The third kappa shape index (κ3) is 7.01. The van der Waals surface area contributed by atoms with Crippen LogP contribution in [0.15, 0.2) is 46.9 Å². The molecular formula is C31H43N7O4S. The summed E-state index contributed by atoms with van der Waals surface area (Å²) >= 11 is 0. The second-order valence-corrected chi connectivity index (χ2v) is 14.4. The van der Waals surface area contributed by atoms with Crippen molar-refractivity contribution in [3.8, 4) is 5.75 Å². The number of nitrogens with one attached hydrogen (secondary N) is 2. The molecule has 0 saturated carbocycles. The van der Waals surface area contributed by atoms with Crippen molar-refractivity contribution in [3.05, 3.63) is 64.7 Å². The predicted octanol–water partition coefficient (Wildman–Crippen LogP) is 6.75. The van der Waals surface area contributed by atoms with Crippen molar-refractivity contribution in [2.75, 3.05) is 35.0 Å². The van der Waals surface area contributed by atoms with Crippen LogP contribution in [0.2, 0.25) is 0 Å². The number of nitrogens with zero attached hydrogens (tertiary/aromatic N) is 5. The average molecular weight is 610 g/mol. The molecule has 0 fully saturated rings. The number of hydrogen-bond acceptors (Lipinski definition) is 8. The fraction of sp³-hybridized carbons (Fsp3) is 0.484. The lowest BCUT2D eigenvalue weighted by Crippen LogP contribution is -2.21. The number of ether oxygens (including phenoxy) is 1. The summed E-state index contributed by atoms with van der Waals surface area (Å²) in [6, 6.07) is 8.99. The smallest absolute Gasteiger partial charge is 0.255 e. The zero-order valence-electron chi connectivity index (χ0n) is 26.7. The minimum atomic E-state index is -3.60. The van der Waals surface area contributed by atoms with Crippen molar-refractivity contribution in [3.63, 3.8) is 0 Å². The van der Waals surface area contributed by atoms with Crippen molar-refractivity contribution in [1.29, 1.82) is 0 Å². The Bertz CT molecular complexity index is 1650. The molecule has 11 nitrogen and oxygen atoms in total. The van der Waals surface area contributed by atoms with Crippen molar-refractivity contribution in [2.24, 2.45) is 10.3 Å². The maximum absolute atomic E-state index is 13.6. The third-order valence-electron chi connectivity index (χ3n) is 7.33. The number of imidazole rings is 1. The molecule has 12 heteroatoms. The van der Waals surface area contributed by atoms with Gasteiger partial charge in [0.25, 0.3) is 5.91 Å². The van der Waals surface area contributed by atoms with Crippen LogP contribution >= 0.6 is 0 Å². The van der Waals surface area contributed by atoms with Crippen molar-refractivity contribution in [2.45, 2.75) is 78.8 Å². The number of rotatable bonds is 9. The van der Waals surface area contributed by atoms with Crippen molar-refractivity contribution >= 4 is 33.0 Å². The molecule has 0 bridgehead atoms. The van der Waals surface area contributed by atoms with Gasteiger partial charge in [-0.15, -0.1) is 0 Å². The molecule has 4 rings (SSSR count). The fourth-order valence-electron chi connectivity index (χ4n) is 5.16. The van der Waals surface area contributed by atoms with Crippen LogP contribution < -0.4 is 19.8 Å². The van der Waals surface area contributed by atoms with E-state index in [4.69, 9.17) is 4.74 Å². The van der Waals surface area contributed by atoms with E-state index in [1.54, 1.807) is 18.2 Å². The molecule has 43 heavy (non-hydrogen) atoms. The Balaban J connectivity index is 1.64. The number of methoxy groups -OCH3 is 1. The maximum Gasteiger partial charge on any atom is 0.255 e. The highest BCUT2D eigenvalue weighted by molar-refractivity contribution is 7.92. The number of carbonyl (C=O) groups is 1. The second-order valence-electron chi connectivity index (χ2n) is 12.6. The Kier molecular flexibility index (Phi) is 8.92. The van der Waals surface area contributed by atoms with Gasteiger partial charge in [0, 0.05) is 17.5 Å². The molecule has 1 atom stereocenters. The normalized spacial score (nSPS) is 15.4. The molecule has 2 N–H and O–H groups in total. The van der Waals surface area contributed by atoms with Crippen LogP contribution in [0.5, 0.6) is 5.75 Å². The topological polar surface area (TPSA) is 130 Å². The average Bonchev–Trinajstić information content (AvgIpc) is 3.55. The number of benzene rings is 2. The third-order valence-corrected chi connectivity index (χ3v) is 7.92. The summed E-state index contributed by atoms with van der Waals surface area (Å²) in [5, 5.41) is 13.8. The van der Waals surface area contributed by atoms with E-state index >= 15 is 0 Å². The molecule has 1 unspecified atom stereocenters. The summed E-state index contributed by atoms with van der Waals surface area (Å²) in [6.07, 6.45) is 2.97. The lowest BCUT2D eigenvalue weighted by molar-refractivity contribution is 0.102. The zero-order chi connectivity index (χ0) is 31.9. The van der Waals surface area contributed by atoms with E-state index in [1.165, 1.54) is 7.11 Å². The molecule has 3 aromatic rings. The van der Waals surface area contributed by atoms with Gasteiger partial charge in [-0.2, -0.15) is 5.11 Å². The summed E-state index contributed by atoms with van der Waals surface area (Å²) < 4.78 is 34.5. The van der Waals surface area contributed by atoms with Gasteiger partial charge in [-0.05, 0) is 61.6 Å². The van der Waals surface area contributed by atoms with E-state index in [2.05, 4.69) is 57.6 Å². The summed E-state index contributed by atoms with van der Waals surface area (Å²) in [6.45, 7) is 17.0. The minimum absolute atomic E-state index is 0.190. The predicted molar refractivity (Wildman–Crippen MR) is 171 cm³/mol. The first-order valence-corrected chi connectivity index (χ1v) is 16.3. The van der Waals surface area contributed by atoms with E-state index in [0.717, 1.165) is 34.6 Å². The molecule has 232 valence electrons. The Hall–Kier alpha value is -3.93. The van der Waals surface area contributed by atoms with Crippen molar-refractivity contribution < 1.29 is 17.9 Å². The summed E-state index contributed by atoms with van der Waals surface area (Å²) in [5.41, 5.74) is 4.25. The molecule has 1 aliphatic heterocycles. The van der Waals surface area contributed by atoms with E-state index in [1.807, 2.05) is 51.0 Å². The number of aromatic nitrogens is 2. The quantitative estimate of drug-likeness (QED) is 0.276. The highest BCUT2D eigenvalue weighted by Crippen LogP contribution is 2.40. The van der Waals surface area contributed by atoms with Crippen LogP contribution in [-0.4, -0.2) is 43.8 Å². The standard InChI is InChI=1S/C31H43N7O4S/c1-18(2)29-32-16-27(38(29)19(3)4)25-17-37(36-34-25)26-13-21(12-11-20(26)5)30(39)33-23-14-22(31(6,7)8)15-24(28(23)42-9)35-43(10,40)41/h11-16,18-19,25,35H,17H2,1-10H3,(H,33,39). The molecule has 2 aromatic carbocycles. The first-order chi connectivity index (χ1) is 20.0. The van der Waals surface area contributed by atoms with E-state index in [-0.39, 0.29) is 40.8 Å². The molecule has 1 aromatic heterocycles. The Morgan fingerprint density at radius 3 is 2.35 bits per heavy atom. The SMILES string of the molecule is COc1c(NC(=O)c2ccc(C)c(N3CC(c4cnc(C(C)C)n4C(C)C)N=N3)c2)cc(C(C)(C)C)cc1NS(C)(=O)=O. The molecule has 1 amide bonds. The van der Waals surface area contributed by atoms with Gasteiger partial charge >= 0.3 is 0 Å². The van der Waals surface area contributed by atoms with Gasteiger partial charge in [0.2, 0.25) is 10.0 Å². The van der Waals surface area contributed by atoms with Crippen LogP contribution in [0.4, 0.5) is 17.1 Å². The molecule has 0 aliphatic carbocycles. The lowest BCUT2D eigenvalue weighted by Gasteiger charge is -2.24. The minimum Gasteiger partial charge on any atom is -0.492 e. The first-order valence-electron chi connectivity index (χ1n) is 14.4. The van der Waals surface area contributed by atoms with Gasteiger partial charge in [-0.1, -0.05) is 45.9 Å². The van der Waals surface area contributed by atoms with Crippen molar-refractivity contribution in [1.82, 2.24) is 9.55 Å². The monoisotopic (exact) mass is 609 g/mol. The molecular weight excluding hydrogens is 566 g/mol. The molecule has 0 radical (unpaired) electrons. The Morgan fingerprint density at radius 1 is 1.09 bits per heavy atom. The Morgan fingerprint density at radius 2 is 1.77 bits per heavy atom. The fourth-order valence-corrected chi connectivity index (χ4v) is 5.71. The Labute approximate surface area is 254 Å². The number of sulfonamides is 1. The molecule has 1 aliphatic rings. The number of aryl methyl sites for hydroxylation is 1. The zero-order valence-corrected chi connectivity index (χ0v) is 27.5. The van der Waals surface area contributed by atoms with Crippen LogP contribution in [-0.2, 0) is 15.4 Å². The van der Waals surface area contributed by atoms with Crippen LogP contribution in [0.1, 0.15) is 99.5 Å². The van der Waals surface area contributed by atoms with E-state index in [0.29, 0.717) is 17.8 Å². The van der Waals surface area contributed by atoms with Crippen LogP contribution in [0.3, 0.4) is 0 Å². The largest absolute Gasteiger partial charge is 0.492 e. The number of anilines is 3. The molecule has 0 saturated heterocycles. The lowest BCUT2D eigenvalue weighted by atomic mass is 9.86. The first kappa shape index (κ1) is 32.0. The van der Waals surface area contributed by atoms with Crippen LogP contribution in [0, 0.1) is 6.92 Å². The molecule has 2 heterocycles. The van der Waals surface area contributed by atoms with Gasteiger partial charge in [-0.25, -0.2) is 18.4 Å². The van der Waals surface area contributed by atoms with E-state index < -0.39 is 10.0 Å². The number of carbonyl (C=O) groups excluding carboxylic acids is 1. The van der Waals surface area contributed by atoms with E-state index in [9.17, 15) is 13.2 Å². The number of hydrogen-bond donors (Lipinski definition) is 2. The van der Waals surface area contributed by atoms with Gasteiger partial charge in [0.15, 0.2) is 5.75 Å². The van der Waals surface area contributed by atoms with Crippen LogP contribution in [0.25, 0.3) is 0 Å². The summed E-state index contributed by atoms with van der Waals surface area (Å²) in [5.74, 6) is 1.15. The second kappa shape index (κ2) is 12.0. The number of amides is 1. The highest BCUT2D eigenvalue weighted by atomic mass is 32.2. The van der Waals surface area contributed by atoms with Gasteiger partial charge in [-0.3, -0.25) is 9.52 Å². The molecule has 0 spiro atoms. The van der Waals surface area contributed by atoms with Gasteiger partial charge in [0.1, 0.15) is 11.9 Å². The summed E-state index contributed by atoms with van der Waals surface area (Å²) in [7, 11) is -2.16. The highest BCUT2D eigenvalue weighted by Gasteiger charge is 2.29. The van der Waals surface area contributed by atoms with Gasteiger partial charge < -0.3 is 14.6 Å². The summed E-state index contributed by atoms with van der Waals surface area (Å²) in [4.78, 5) is 18.3. The maximum atomic E-state index is 13.6.